The summed E-state index contributed by atoms with van der Waals surface area (Å²) in [6, 6.07) is 12.7. The molecule has 0 saturated carbocycles. The number of nitrogens with zero attached hydrogens (tertiary/aromatic N) is 5. The Morgan fingerprint density at radius 3 is 3.03 bits per heavy atom. The molecule has 2 aliphatic rings. The molecule has 4 heterocycles. The first-order valence-electron chi connectivity index (χ1n) is 9.85. The SMILES string of the molecule is N#Cc1cccc(NC(=S)OC2COC3C2OCC3n2nnnc2SCc2ccco2)c1. The highest BCUT2D eigenvalue weighted by molar-refractivity contribution is 7.98. The van der Waals surface area contributed by atoms with E-state index in [2.05, 4.69) is 26.9 Å². The lowest BCUT2D eigenvalue weighted by molar-refractivity contribution is 0.0253. The second-order valence-corrected chi connectivity index (χ2v) is 8.51. The summed E-state index contributed by atoms with van der Waals surface area (Å²) in [6.45, 7) is 0.738. The molecule has 2 aliphatic heterocycles. The van der Waals surface area contributed by atoms with Gasteiger partial charge in [-0.05, 0) is 53.0 Å². The van der Waals surface area contributed by atoms with Crippen molar-refractivity contribution in [1.82, 2.24) is 20.2 Å². The topological polar surface area (TPSA) is 120 Å². The highest BCUT2D eigenvalue weighted by atomic mass is 32.2. The van der Waals surface area contributed by atoms with Gasteiger partial charge in [-0.25, -0.2) is 4.68 Å². The third kappa shape index (κ3) is 4.33. The van der Waals surface area contributed by atoms with Crippen molar-refractivity contribution < 1.29 is 18.6 Å². The number of hydrogen-bond acceptors (Lipinski definition) is 10. The lowest BCUT2D eigenvalue weighted by Gasteiger charge is -2.19. The van der Waals surface area contributed by atoms with E-state index in [4.69, 9.17) is 36.1 Å². The standard InChI is InChI=1S/C20H18N6O4S2/c21-8-12-3-1-4-13(7-12)22-20(31)30-16-10-29-17-15(9-28-18(16)17)26-19(23-24-25-26)32-11-14-5-2-6-27-14/h1-7,15-18H,9-11H2,(H,22,31). The summed E-state index contributed by atoms with van der Waals surface area (Å²) >= 11 is 6.82. The number of ether oxygens (including phenoxy) is 3. The molecule has 10 nitrogen and oxygen atoms in total. The second kappa shape index (κ2) is 9.25. The fourth-order valence-electron chi connectivity index (χ4n) is 3.73. The maximum absolute atomic E-state index is 9.04. The van der Waals surface area contributed by atoms with Gasteiger partial charge in [0, 0.05) is 5.69 Å². The quantitative estimate of drug-likeness (QED) is 0.423. The summed E-state index contributed by atoms with van der Waals surface area (Å²) < 4.78 is 25.0. The minimum atomic E-state index is -0.361. The van der Waals surface area contributed by atoms with Crippen LogP contribution in [0.1, 0.15) is 17.4 Å². The van der Waals surface area contributed by atoms with Gasteiger partial charge >= 0.3 is 0 Å². The minimum absolute atomic E-state index is 0.170. The number of aromatic nitrogens is 4. The average Bonchev–Trinajstić information content (AvgIpc) is 3.58. The molecular weight excluding hydrogens is 452 g/mol. The van der Waals surface area contributed by atoms with Crippen LogP contribution in [0.4, 0.5) is 5.69 Å². The van der Waals surface area contributed by atoms with Gasteiger partial charge in [0.25, 0.3) is 5.17 Å². The molecule has 0 bridgehead atoms. The van der Waals surface area contributed by atoms with Crippen molar-refractivity contribution in [3.05, 3.63) is 54.0 Å². The van der Waals surface area contributed by atoms with Crippen molar-refractivity contribution in [2.45, 2.75) is 35.3 Å². The molecule has 4 unspecified atom stereocenters. The van der Waals surface area contributed by atoms with Crippen molar-refractivity contribution in [3.63, 3.8) is 0 Å². The van der Waals surface area contributed by atoms with Gasteiger partial charge in [0.2, 0.25) is 5.16 Å². The molecule has 2 aromatic heterocycles. The molecule has 2 saturated heterocycles. The van der Waals surface area contributed by atoms with Crippen LogP contribution in [0.25, 0.3) is 0 Å². The van der Waals surface area contributed by atoms with Gasteiger partial charge in [0.15, 0.2) is 6.10 Å². The van der Waals surface area contributed by atoms with Crippen LogP contribution in [0.15, 0.2) is 52.2 Å². The highest BCUT2D eigenvalue weighted by Gasteiger charge is 2.51. The van der Waals surface area contributed by atoms with Crippen LogP contribution in [0.2, 0.25) is 0 Å². The maximum atomic E-state index is 9.04. The lowest BCUT2D eigenvalue weighted by atomic mass is 10.1. The van der Waals surface area contributed by atoms with Crippen LogP contribution in [-0.4, -0.2) is 56.9 Å². The Kier molecular flexibility index (Phi) is 6.04. The van der Waals surface area contributed by atoms with E-state index >= 15 is 0 Å². The van der Waals surface area contributed by atoms with E-state index in [-0.39, 0.29) is 29.5 Å². The third-order valence-electron chi connectivity index (χ3n) is 5.18. The molecule has 0 spiro atoms. The molecule has 32 heavy (non-hydrogen) atoms. The summed E-state index contributed by atoms with van der Waals surface area (Å²) in [6.07, 6.45) is 0.730. The Bertz CT molecular complexity index is 1130. The molecule has 3 aromatic rings. The average molecular weight is 471 g/mol. The van der Waals surface area contributed by atoms with E-state index in [1.807, 2.05) is 18.2 Å². The fourth-order valence-corrected chi connectivity index (χ4v) is 4.80. The Labute approximate surface area is 192 Å². The van der Waals surface area contributed by atoms with Crippen molar-refractivity contribution in [3.8, 4) is 6.07 Å². The van der Waals surface area contributed by atoms with Crippen LogP contribution >= 0.6 is 24.0 Å². The van der Waals surface area contributed by atoms with E-state index in [9.17, 15) is 0 Å². The van der Waals surface area contributed by atoms with Crippen molar-refractivity contribution in [1.29, 1.82) is 5.26 Å². The lowest BCUT2D eigenvalue weighted by Crippen LogP contribution is -2.35. The van der Waals surface area contributed by atoms with Gasteiger partial charge < -0.3 is 23.9 Å². The summed E-state index contributed by atoms with van der Waals surface area (Å²) in [7, 11) is 0. The van der Waals surface area contributed by atoms with Crippen molar-refractivity contribution in [2.24, 2.45) is 0 Å². The smallest absolute Gasteiger partial charge is 0.261 e. The summed E-state index contributed by atoms with van der Waals surface area (Å²) in [5, 5.41) is 25.0. The Balaban J connectivity index is 1.20. The summed E-state index contributed by atoms with van der Waals surface area (Å²) in [4.78, 5) is 0. The van der Waals surface area contributed by atoms with Gasteiger partial charge in [-0.2, -0.15) is 5.26 Å². The van der Waals surface area contributed by atoms with Gasteiger partial charge in [-0.1, -0.05) is 17.8 Å². The zero-order chi connectivity index (χ0) is 21.9. The van der Waals surface area contributed by atoms with E-state index in [0.29, 0.717) is 35.4 Å². The number of anilines is 1. The van der Waals surface area contributed by atoms with Gasteiger partial charge in [-0.3, -0.25) is 0 Å². The van der Waals surface area contributed by atoms with E-state index in [1.54, 1.807) is 29.1 Å². The molecular formula is C20H18N6O4S2. The Hall–Kier alpha value is -2.98. The van der Waals surface area contributed by atoms with Crippen LogP contribution in [0, 0.1) is 11.3 Å². The molecule has 0 aliphatic carbocycles. The van der Waals surface area contributed by atoms with Crippen LogP contribution in [0.5, 0.6) is 0 Å². The number of thioether (sulfide) groups is 1. The Morgan fingerprint density at radius 2 is 2.19 bits per heavy atom. The first kappa shape index (κ1) is 20.9. The van der Waals surface area contributed by atoms with Crippen molar-refractivity contribution in [2.75, 3.05) is 18.5 Å². The zero-order valence-corrected chi connectivity index (χ0v) is 18.3. The molecule has 164 valence electrons. The summed E-state index contributed by atoms with van der Waals surface area (Å²) in [5.74, 6) is 1.46. The number of furan rings is 1. The minimum Gasteiger partial charge on any atom is -0.468 e. The molecule has 2 fully saturated rings. The number of rotatable bonds is 6. The van der Waals surface area contributed by atoms with Crippen LogP contribution in [-0.2, 0) is 20.0 Å². The third-order valence-corrected chi connectivity index (χ3v) is 6.33. The first-order chi connectivity index (χ1) is 15.7. The fraction of sp³-hybridized carbons (Fsp3) is 0.350. The number of thiocarbonyl (C=S) groups is 1. The molecule has 1 aromatic carbocycles. The van der Waals surface area contributed by atoms with E-state index < -0.39 is 0 Å². The number of benzene rings is 1. The van der Waals surface area contributed by atoms with Gasteiger partial charge in [0.05, 0.1) is 36.9 Å². The predicted octanol–water partition coefficient (Wildman–Crippen LogP) is 2.55. The van der Waals surface area contributed by atoms with Gasteiger partial charge in [0.1, 0.15) is 24.0 Å². The van der Waals surface area contributed by atoms with Crippen molar-refractivity contribution >= 4 is 34.8 Å². The summed E-state index contributed by atoms with van der Waals surface area (Å²) in [5.41, 5.74) is 1.22. The first-order valence-corrected chi connectivity index (χ1v) is 11.2. The largest absolute Gasteiger partial charge is 0.468 e. The van der Waals surface area contributed by atoms with E-state index in [0.717, 1.165) is 5.76 Å². The molecule has 4 atom stereocenters. The number of fused-ring (bicyclic) bond motifs is 1. The number of tetrazole rings is 1. The maximum Gasteiger partial charge on any atom is 0.261 e. The number of hydrogen-bond donors (Lipinski definition) is 1. The van der Waals surface area contributed by atoms with Crippen LogP contribution in [0.3, 0.4) is 0 Å². The molecule has 0 amide bonds. The highest BCUT2D eigenvalue weighted by Crippen LogP contribution is 2.37. The molecule has 5 rings (SSSR count). The molecule has 12 heteroatoms. The number of nitriles is 1. The van der Waals surface area contributed by atoms with E-state index in [1.165, 1.54) is 11.8 Å². The predicted molar refractivity (Wildman–Crippen MR) is 117 cm³/mol. The molecule has 1 N–H and O–H groups in total. The Morgan fingerprint density at radius 1 is 1.28 bits per heavy atom. The monoisotopic (exact) mass is 470 g/mol. The van der Waals surface area contributed by atoms with Gasteiger partial charge in [-0.15, -0.1) is 5.10 Å². The zero-order valence-electron chi connectivity index (χ0n) is 16.7. The number of nitrogens with one attached hydrogen (secondary N) is 1. The normalized spacial score (nSPS) is 24.1. The molecule has 0 radical (unpaired) electrons. The van der Waals surface area contributed by atoms with Crippen LogP contribution < -0.4 is 5.32 Å². The second-order valence-electron chi connectivity index (χ2n) is 7.20.